The number of nitrogen functional groups attached to an aromatic ring is 1. The van der Waals surface area contributed by atoms with E-state index in [-0.39, 0.29) is 5.54 Å². The van der Waals surface area contributed by atoms with Gasteiger partial charge in [0.2, 0.25) is 0 Å². The summed E-state index contributed by atoms with van der Waals surface area (Å²) < 4.78 is 5.31. The Morgan fingerprint density at radius 2 is 1.93 bits per heavy atom. The molecule has 3 heteroatoms. The van der Waals surface area contributed by atoms with E-state index in [2.05, 4.69) is 0 Å². The summed E-state index contributed by atoms with van der Waals surface area (Å²) in [4.78, 5) is 0. The van der Waals surface area contributed by atoms with Gasteiger partial charge in [-0.15, -0.1) is 0 Å². The van der Waals surface area contributed by atoms with Crippen LogP contribution in [0.3, 0.4) is 0 Å². The Kier molecular flexibility index (Phi) is 2.44. The van der Waals surface area contributed by atoms with Crippen LogP contribution in [-0.2, 0) is 10.3 Å². The van der Waals surface area contributed by atoms with Gasteiger partial charge >= 0.3 is 0 Å². The summed E-state index contributed by atoms with van der Waals surface area (Å²) in [5.74, 6) is 0. The van der Waals surface area contributed by atoms with Crippen LogP contribution >= 0.6 is 0 Å². The van der Waals surface area contributed by atoms with E-state index in [0.717, 1.165) is 37.3 Å². The first-order chi connectivity index (χ1) is 6.71. The molecule has 0 unspecified atom stereocenters. The van der Waals surface area contributed by atoms with Crippen LogP contribution in [0, 0.1) is 0 Å². The van der Waals surface area contributed by atoms with Crippen molar-refractivity contribution >= 4 is 5.69 Å². The highest BCUT2D eigenvalue weighted by Crippen LogP contribution is 2.29. The lowest BCUT2D eigenvalue weighted by atomic mass is 9.84. The van der Waals surface area contributed by atoms with Crippen LogP contribution in [-0.4, -0.2) is 13.2 Å². The van der Waals surface area contributed by atoms with Gasteiger partial charge in [-0.1, -0.05) is 12.1 Å². The minimum absolute atomic E-state index is 0.242. The van der Waals surface area contributed by atoms with Crippen molar-refractivity contribution in [2.75, 3.05) is 18.9 Å². The molecule has 0 saturated carbocycles. The fourth-order valence-electron chi connectivity index (χ4n) is 1.87. The minimum atomic E-state index is -0.242. The number of benzene rings is 1. The number of hydrogen-bond donors (Lipinski definition) is 2. The molecular formula is C11H16N2O. The number of anilines is 1. The molecule has 3 nitrogen and oxygen atoms in total. The van der Waals surface area contributed by atoms with E-state index in [4.69, 9.17) is 16.2 Å². The Morgan fingerprint density at radius 3 is 2.57 bits per heavy atom. The van der Waals surface area contributed by atoms with Gasteiger partial charge in [0.25, 0.3) is 0 Å². The normalized spacial score (nSPS) is 20.6. The highest BCUT2D eigenvalue weighted by atomic mass is 16.5. The molecule has 0 spiro atoms. The molecule has 0 amide bonds. The Bertz CT molecular complexity index is 319. The Labute approximate surface area is 84.0 Å². The van der Waals surface area contributed by atoms with Gasteiger partial charge in [-0.25, -0.2) is 0 Å². The number of rotatable bonds is 1. The maximum absolute atomic E-state index is 6.31. The van der Waals surface area contributed by atoms with Crippen LogP contribution in [0.1, 0.15) is 18.4 Å². The molecule has 0 aromatic heterocycles. The molecule has 2 rings (SSSR count). The zero-order valence-electron chi connectivity index (χ0n) is 8.20. The van der Waals surface area contributed by atoms with Gasteiger partial charge < -0.3 is 16.2 Å². The van der Waals surface area contributed by atoms with E-state index in [0.29, 0.717) is 0 Å². The quantitative estimate of drug-likeness (QED) is 0.658. The summed E-state index contributed by atoms with van der Waals surface area (Å²) in [6.45, 7) is 1.48. The maximum atomic E-state index is 6.31. The number of hydrogen-bond acceptors (Lipinski definition) is 3. The molecule has 1 heterocycles. The first kappa shape index (κ1) is 9.49. The summed E-state index contributed by atoms with van der Waals surface area (Å²) in [6, 6.07) is 7.84. The van der Waals surface area contributed by atoms with Gasteiger partial charge in [0.1, 0.15) is 0 Å². The highest BCUT2D eigenvalue weighted by molar-refractivity contribution is 5.43. The van der Waals surface area contributed by atoms with Crippen molar-refractivity contribution in [3.05, 3.63) is 29.8 Å². The van der Waals surface area contributed by atoms with E-state index < -0.39 is 0 Å². The molecule has 1 aromatic rings. The van der Waals surface area contributed by atoms with Gasteiger partial charge in [-0.05, 0) is 30.5 Å². The molecule has 1 saturated heterocycles. The van der Waals surface area contributed by atoms with E-state index in [9.17, 15) is 0 Å². The zero-order chi connectivity index (χ0) is 10.0. The van der Waals surface area contributed by atoms with Gasteiger partial charge in [-0.3, -0.25) is 0 Å². The topological polar surface area (TPSA) is 61.3 Å². The van der Waals surface area contributed by atoms with Crippen molar-refractivity contribution in [3.8, 4) is 0 Å². The Hall–Kier alpha value is -1.06. The first-order valence-corrected chi connectivity index (χ1v) is 4.93. The lowest BCUT2D eigenvalue weighted by Crippen LogP contribution is -2.42. The molecule has 1 fully saturated rings. The fraction of sp³-hybridized carbons (Fsp3) is 0.455. The van der Waals surface area contributed by atoms with Gasteiger partial charge in [0.05, 0.1) is 0 Å². The summed E-state index contributed by atoms with van der Waals surface area (Å²) in [6.07, 6.45) is 1.74. The van der Waals surface area contributed by atoms with Crippen LogP contribution in [0.25, 0.3) is 0 Å². The van der Waals surface area contributed by atoms with Gasteiger partial charge in [0, 0.05) is 24.4 Å². The molecule has 0 bridgehead atoms. The van der Waals surface area contributed by atoms with E-state index >= 15 is 0 Å². The van der Waals surface area contributed by atoms with Crippen LogP contribution in [0.15, 0.2) is 24.3 Å². The average Bonchev–Trinajstić information content (AvgIpc) is 2.19. The van der Waals surface area contributed by atoms with Gasteiger partial charge in [-0.2, -0.15) is 0 Å². The molecule has 1 aliphatic rings. The minimum Gasteiger partial charge on any atom is -0.399 e. The highest BCUT2D eigenvalue weighted by Gasteiger charge is 2.29. The van der Waals surface area contributed by atoms with Crippen molar-refractivity contribution in [2.24, 2.45) is 5.73 Å². The lowest BCUT2D eigenvalue weighted by Gasteiger charge is -2.33. The largest absolute Gasteiger partial charge is 0.399 e. The standard InChI is InChI=1S/C11H16N2O/c12-10-3-1-2-9(8-10)11(13)4-6-14-7-5-11/h1-3,8H,4-7,12-13H2. The third-order valence-electron chi connectivity index (χ3n) is 2.85. The summed E-state index contributed by atoms with van der Waals surface area (Å²) in [5, 5.41) is 0. The van der Waals surface area contributed by atoms with Gasteiger partial charge in [0.15, 0.2) is 0 Å². The second kappa shape index (κ2) is 3.59. The Balaban J connectivity index is 2.28. The molecule has 1 aromatic carbocycles. The second-order valence-corrected chi connectivity index (χ2v) is 3.89. The Morgan fingerprint density at radius 1 is 1.21 bits per heavy atom. The predicted molar refractivity (Wildman–Crippen MR) is 56.8 cm³/mol. The van der Waals surface area contributed by atoms with Crippen LogP contribution in [0.2, 0.25) is 0 Å². The van der Waals surface area contributed by atoms with Crippen LogP contribution in [0.5, 0.6) is 0 Å². The third kappa shape index (κ3) is 1.74. The summed E-state index contributed by atoms with van der Waals surface area (Å²) >= 11 is 0. The molecule has 0 atom stereocenters. The molecule has 0 radical (unpaired) electrons. The first-order valence-electron chi connectivity index (χ1n) is 4.93. The van der Waals surface area contributed by atoms with E-state index in [1.807, 2.05) is 24.3 Å². The average molecular weight is 192 g/mol. The number of nitrogens with two attached hydrogens (primary N) is 2. The maximum Gasteiger partial charge on any atom is 0.0486 e. The molecule has 0 aliphatic carbocycles. The molecular weight excluding hydrogens is 176 g/mol. The summed E-state index contributed by atoms with van der Waals surface area (Å²) in [7, 11) is 0. The molecule has 14 heavy (non-hydrogen) atoms. The predicted octanol–water partition coefficient (Wildman–Crippen LogP) is 1.23. The lowest BCUT2D eigenvalue weighted by molar-refractivity contribution is 0.0523. The zero-order valence-corrected chi connectivity index (χ0v) is 8.20. The van der Waals surface area contributed by atoms with Crippen molar-refractivity contribution in [2.45, 2.75) is 18.4 Å². The summed E-state index contributed by atoms with van der Waals surface area (Å²) in [5.41, 5.74) is 13.7. The van der Waals surface area contributed by atoms with E-state index in [1.165, 1.54) is 0 Å². The third-order valence-corrected chi connectivity index (χ3v) is 2.85. The molecule has 1 aliphatic heterocycles. The smallest absolute Gasteiger partial charge is 0.0486 e. The van der Waals surface area contributed by atoms with Crippen molar-refractivity contribution < 1.29 is 4.74 Å². The van der Waals surface area contributed by atoms with Crippen molar-refractivity contribution in [1.29, 1.82) is 0 Å². The monoisotopic (exact) mass is 192 g/mol. The van der Waals surface area contributed by atoms with Crippen LogP contribution in [0.4, 0.5) is 5.69 Å². The van der Waals surface area contributed by atoms with E-state index in [1.54, 1.807) is 0 Å². The van der Waals surface area contributed by atoms with Crippen LogP contribution < -0.4 is 11.5 Å². The molecule has 76 valence electrons. The fourth-order valence-corrected chi connectivity index (χ4v) is 1.87. The molecule has 4 N–H and O–H groups in total. The second-order valence-electron chi connectivity index (χ2n) is 3.89. The van der Waals surface area contributed by atoms with Crippen molar-refractivity contribution in [1.82, 2.24) is 0 Å². The SMILES string of the molecule is Nc1cccc(C2(N)CCOCC2)c1. The number of ether oxygens (including phenoxy) is 1. The van der Waals surface area contributed by atoms with Crippen molar-refractivity contribution in [3.63, 3.8) is 0 Å².